The monoisotopic (exact) mass is 526 g/mol. The third-order valence-corrected chi connectivity index (χ3v) is 7.28. The fraction of sp³-hybridized carbons (Fsp3) is 0.214. The van der Waals surface area contributed by atoms with Crippen molar-refractivity contribution in [1.82, 2.24) is 24.8 Å². The largest absolute Gasteiger partial charge is 0.469 e. The molecular formula is C28H23ClN6O3. The number of halogens is 1. The molecule has 0 amide bonds. The van der Waals surface area contributed by atoms with Gasteiger partial charge in [-0.15, -0.1) is 5.10 Å². The summed E-state index contributed by atoms with van der Waals surface area (Å²) in [6.07, 6.45) is 5.89. The number of tetrazole rings is 1. The Morgan fingerprint density at radius 2 is 1.95 bits per heavy atom. The van der Waals surface area contributed by atoms with Gasteiger partial charge in [0.05, 0.1) is 25.3 Å². The number of pyridine rings is 1. The minimum Gasteiger partial charge on any atom is -0.469 e. The molecule has 10 heteroatoms. The Morgan fingerprint density at radius 1 is 1.11 bits per heavy atom. The molecule has 190 valence electrons. The van der Waals surface area contributed by atoms with Crippen molar-refractivity contribution >= 4 is 28.9 Å². The van der Waals surface area contributed by atoms with E-state index in [4.69, 9.17) is 21.3 Å². The van der Waals surface area contributed by atoms with Crippen LogP contribution in [0.4, 0.5) is 0 Å². The van der Waals surface area contributed by atoms with Crippen LogP contribution in [0.15, 0.2) is 76.9 Å². The van der Waals surface area contributed by atoms with Gasteiger partial charge in [0, 0.05) is 40.7 Å². The number of hydrogen-bond acceptors (Lipinski definition) is 7. The average Bonchev–Trinajstić information content (AvgIpc) is 3.70. The highest BCUT2D eigenvalue weighted by atomic mass is 35.5. The van der Waals surface area contributed by atoms with E-state index in [1.807, 2.05) is 53.2 Å². The number of aliphatic imine (C=N–C) groups is 1. The average molecular weight is 527 g/mol. The zero-order valence-corrected chi connectivity index (χ0v) is 21.3. The number of rotatable bonds is 6. The summed E-state index contributed by atoms with van der Waals surface area (Å²) in [6.45, 7) is 0. The maximum absolute atomic E-state index is 13.4. The number of hydrogen-bond donors (Lipinski definition) is 0. The third kappa shape index (κ3) is 4.45. The number of fused-ring (bicyclic) bond motifs is 1. The lowest BCUT2D eigenvalue weighted by atomic mass is 9.97. The Morgan fingerprint density at radius 3 is 2.71 bits per heavy atom. The minimum atomic E-state index is -0.265. The fourth-order valence-corrected chi connectivity index (χ4v) is 5.35. The molecule has 2 aliphatic heterocycles. The zero-order chi connectivity index (χ0) is 26.2. The lowest BCUT2D eigenvalue weighted by Gasteiger charge is -2.17. The molecule has 4 heterocycles. The first-order valence-electron chi connectivity index (χ1n) is 12.2. The molecule has 0 radical (unpaired) electrons. The molecule has 1 atom stereocenters. The van der Waals surface area contributed by atoms with Crippen molar-refractivity contribution in [2.45, 2.75) is 31.7 Å². The van der Waals surface area contributed by atoms with Gasteiger partial charge in [0.15, 0.2) is 0 Å². The maximum atomic E-state index is 13.4. The van der Waals surface area contributed by atoms with Crippen LogP contribution in [0.1, 0.15) is 35.7 Å². The minimum absolute atomic E-state index is 0.0778. The van der Waals surface area contributed by atoms with Crippen LogP contribution in [0.2, 0.25) is 5.02 Å². The predicted octanol–water partition coefficient (Wildman–Crippen LogP) is 4.23. The summed E-state index contributed by atoms with van der Waals surface area (Å²) in [5, 5.41) is 12.0. The number of aromatic nitrogens is 5. The van der Waals surface area contributed by atoms with E-state index < -0.39 is 0 Å². The van der Waals surface area contributed by atoms with Crippen LogP contribution in [0.25, 0.3) is 22.4 Å². The number of benzene rings is 2. The second-order valence-corrected chi connectivity index (χ2v) is 9.75. The van der Waals surface area contributed by atoms with Crippen molar-refractivity contribution in [3.63, 3.8) is 0 Å². The van der Waals surface area contributed by atoms with Gasteiger partial charge in [0.2, 0.25) is 0 Å². The van der Waals surface area contributed by atoms with Crippen molar-refractivity contribution in [1.29, 1.82) is 0 Å². The summed E-state index contributed by atoms with van der Waals surface area (Å²) in [4.78, 5) is 29.7. The first-order valence-corrected chi connectivity index (χ1v) is 12.6. The molecule has 0 fully saturated rings. The number of allylic oxidation sites excluding steroid dienone is 1. The molecule has 38 heavy (non-hydrogen) atoms. The van der Waals surface area contributed by atoms with Crippen molar-refractivity contribution in [2.24, 2.45) is 4.99 Å². The normalized spacial score (nSPS) is 16.2. The predicted molar refractivity (Wildman–Crippen MR) is 143 cm³/mol. The summed E-state index contributed by atoms with van der Waals surface area (Å²) in [5.74, 6) is -0.265. The number of aryl methyl sites for hydroxylation is 1. The Hall–Kier alpha value is -4.37. The molecule has 0 saturated heterocycles. The summed E-state index contributed by atoms with van der Waals surface area (Å²) in [5.41, 5.74) is 7.20. The first-order chi connectivity index (χ1) is 18.5. The zero-order valence-electron chi connectivity index (χ0n) is 20.5. The molecule has 0 saturated carbocycles. The fourth-order valence-electron chi connectivity index (χ4n) is 5.18. The molecule has 2 aliphatic rings. The Bertz CT molecular complexity index is 1660. The van der Waals surface area contributed by atoms with Gasteiger partial charge in [0.1, 0.15) is 6.33 Å². The molecule has 0 bridgehead atoms. The molecule has 0 N–H and O–H groups in total. The van der Waals surface area contributed by atoms with Crippen LogP contribution < -0.4 is 5.56 Å². The van der Waals surface area contributed by atoms with Gasteiger partial charge in [-0.3, -0.25) is 14.6 Å². The summed E-state index contributed by atoms with van der Waals surface area (Å²) < 4.78 is 8.16. The van der Waals surface area contributed by atoms with Crippen molar-refractivity contribution in [3.05, 3.63) is 99.3 Å². The van der Waals surface area contributed by atoms with Crippen LogP contribution in [0, 0.1) is 0 Å². The molecule has 0 spiro atoms. The third-order valence-electron chi connectivity index (χ3n) is 7.04. The molecular weight excluding hydrogens is 504 g/mol. The van der Waals surface area contributed by atoms with E-state index in [1.165, 1.54) is 13.4 Å². The standard InChI is InChI=1S/C28H23ClN6O3/c1-38-28(37)10-17-2-4-18(5-3-17)20-12-24(30-15-20)26-9-7-22-11-19(13-27(36)35(22)26)23-14-21(29)6-8-25(23)34-16-31-32-33-34/h2-6,8,11,13-16,26H,7,9-10,12H2,1H3. The van der Waals surface area contributed by atoms with Crippen LogP contribution in [0.3, 0.4) is 0 Å². The maximum Gasteiger partial charge on any atom is 0.309 e. The number of carbonyl (C=O) groups is 1. The van der Waals surface area contributed by atoms with Gasteiger partial charge in [-0.2, -0.15) is 4.68 Å². The van der Waals surface area contributed by atoms with Gasteiger partial charge in [0.25, 0.3) is 5.56 Å². The van der Waals surface area contributed by atoms with E-state index in [0.717, 1.165) is 57.8 Å². The van der Waals surface area contributed by atoms with Crippen molar-refractivity contribution in [2.75, 3.05) is 7.11 Å². The van der Waals surface area contributed by atoms with Crippen LogP contribution in [-0.2, 0) is 22.4 Å². The van der Waals surface area contributed by atoms with Crippen LogP contribution in [0.5, 0.6) is 0 Å². The number of esters is 1. The van der Waals surface area contributed by atoms with Crippen molar-refractivity contribution < 1.29 is 9.53 Å². The summed E-state index contributed by atoms with van der Waals surface area (Å²) >= 11 is 6.31. The summed E-state index contributed by atoms with van der Waals surface area (Å²) in [7, 11) is 1.39. The lowest BCUT2D eigenvalue weighted by molar-refractivity contribution is -0.139. The van der Waals surface area contributed by atoms with E-state index >= 15 is 0 Å². The molecule has 9 nitrogen and oxygen atoms in total. The Labute approximate surface area is 223 Å². The highest BCUT2D eigenvalue weighted by Crippen LogP contribution is 2.36. The highest BCUT2D eigenvalue weighted by molar-refractivity contribution is 6.31. The van der Waals surface area contributed by atoms with Gasteiger partial charge in [-0.25, -0.2) is 0 Å². The molecule has 4 aromatic rings. The van der Waals surface area contributed by atoms with Gasteiger partial charge >= 0.3 is 5.97 Å². The van der Waals surface area contributed by atoms with Gasteiger partial charge < -0.3 is 9.30 Å². The second-order valence-electron chi connectivity index (χ2n) is 9.32. The quantitative estimate of drug-likeness (QED) is 0.348. The Balaban J connectivity index is 1.24. The van der Waals surface area contributed by atoms with Crippen molar-refractivity contribution in [3.8, 4) is 16.8 Å². The molecule has 0 aliphatic carbocycles. The Kier molecular flexibility index (Phi) is 6.21. The SMILES string of the molecule is COC(=O)Cc1ccc(C2=CN=C(C3CCc4cc(-c5cc(Cl)ccc5-n5cnnn5)cc(=O)n43)C2)cc1. The molecule has 2 aromatic carbocycles. The van der Waals surface area contributed by atoms with E-state index in [-0.39, 0.29) is 24.0 Å². The van der Waals surface area contributed by atoms with Gasteiger partial charge in [-0.1, -0.05) is 35.9 Å². The lowest BCUT2D eigenvalue weighted by Crippen LogP contribution is -2.27. The number of ether oxygens (including phenoxy) is 1. The number of methoxy groups -OCH3 is 1. The van der Waals surface area contributed by atoms with Gasteiger partial charge in [-0.05, 0) is 69.8 Å². The van der Waals surface area contributed by atoms with E-state index in [2.05, 4.69) is 15.5 Å². The highest BCUT2D eigenvalue weighted by Gasteiger charge is 2.30. The second kappa shape index (κ2) is 9.83. The molecule has 2 aromatic heterocycles. The van der Waals surface area contributed by atoms with E-state index in [1.54, 1.807) is 16.8 Å². The first kappa shape index (κ1) is 24.0. The van der Waals surface area contributed by atoms with Crippen LogP contribution in [-0.4, -0.2) is 43.6 Å². The number of carbonyl (C=O) groups excluding carboxylic acids is 1. The van der Waals surface area contributed by atoms with E-state index in [9.17, 15) is 9.59 Å². The topological polar surface area (TPSA) is 104 Å². The van der Waals surface area contributed by atoms with Crippen LogP contribution >= 0.6 is 11.6 Å². The molecule has 6 rings (SSSR count). The van der Waals surface area contributed by atoms with E-state index in [0.29, 0.717) is 11.4 Å². The molecule has 1 unspecified atom stereocenters. The number of nitrogens with zero attached hydrogens (tertiary/aromatic N) is 6. The smallest absolute Gasteiger partial charge is 0.309 e. The summed E-state index contributed by atoms with van der Waals surface area (Å²) in [6, 6.07) is 16.9.